The zero-order valence-electron chi connectivity index (χ0n) is 16.1. The molecule has 0 N–H and O–H groups in total. The minimum atomic E-state index is -0.231. The van der Waals surface area contributed by atoms with Crippen molar-refractivity contribution in [3.63, 3.8) is 0 Å². The lowest BCUT2D eigenvalue weighted by Crippen LogP contribution is -2.35. The molecule has 2 rings (SSSR count). The number of hydrogen-bond acceptors (Lipinski definition) is 2. The molecule has 2 nitrogen and oxygen atoms in total. The summed E-state index contributed by atoms with van der Waals surface area (Å²) in [5.41, 5.74) is 2.11. The Morgan fingerprint density at radius 3 is 2.36 bits per heavy atom. The van der Waals surface area contributed by atoms with Crippen molar-refractivity contribution in [1.82, 2.24) is 0 Å². The molecule has 132 valence electrons. The third kappa shape index (κ3) is 5.23. The van der Waals surface area contributed by atoms with Crippen molar-refractivity contribution in [3.8, 4) is 5.75 Å². The molecule has 2 aromatic carbocycles. The highest BCUT2D eigenvalue weighted by Crippen LogP contribution is 2.29. The lowest BCUT2D eigenvalue weighted by Gasteiger charge is -2.30. The van der Waals surface area contributed by atoms with E-state index in [1.807, 2.05) is 6.08 Å². The van der Waals surface area contributed by atoms with Crippen molar-refractivity contribution in [2.75, 3.05) is 18.0 Å². The van der Waals surface area contributed by atoms with Crippen LogP contribution in [0.5, 0.6) is 5.75 Å². The van der Waals surface area contributed by atoms with Crippen LogP contribution in [0.15, 0.2) is 49.0 Å². The molecule has 0 fully saturated rings. The van der Waals surface area contributed by atoms with E-state index in [1.165, 1.54) is 16.1 Å². The average molecular weight is 352 g/mol. The Morgan fingerprint density at radius 1 is 1.08 bits per heavy atom. The van der Waals surface area contributed by atoms with Crippen LogP contribution in [0.3, 0.4) is 0 Å². The Labute approximate surface area is 155 Å². The number of ether oxygens (including phenoxy) is 1. The molecular formula is C22H29NOSi. The molecule has 25 heavy (non-hydrogen) atoms. The van der Waals surface area contributed by atoms with Crippen LogP contribution in [-0.2, 0) is 0 Å². The van der Waals surface area contributed by atoms with Crippen molar-refractivity contribution < 1.29 is 4.74 Å². The van der Waals surface area contributed by atoms with E-state index in [0.717, 1.165) is 24.4 Å². The Kier molecular flexibility index (Phi) is 6.49. The molecule has 0 saturated carbocycles. The van der Waals surface area contributed by atoms with Crippen molar-refractivity contribution in [1.29, 1.82) is 0 Å². The molecule has 0 aliphatic carbocycles. The van der Waals surface area contributed by atoms with Gasteiger partial charge in [0.15, 0.2) is 0 Å². The van der Waals surface area contributed by atoms with E-state index in [0.29, 0.717) is 9.52 Å². The molecule has 0 bridgehead atoms. The highest BCUT2D eigenvalue weighted by atomic mass is 28.2. The maximum Gasteiger partial charge on any atom is 0.142 e. The van der Waals surface area contributed by atoms with Crippen LogP contribution in [0.25, 0.3) is 6.08 Å². The number of nitrogens with zero attached hydrogens (tertiary/aromatic N) is 1. The van der Waals surface area contributed by atoms with Crippen LogP contribution in [0, 0.1) is 0 Å². The van der Waals surface area contributed by atoms with E-state index >= 15 is 0 Å². The summed E-state index contributed by atoms with van der Waals surface area (Å²) in [6, 6.07) is 15.1. The minimum Gasteiger partial charge on any atom is -0.486 e. The second-order valence-corrected chi connectivity index (χ2v) is 8.36. The molecule has 2 aromatic rings. The zero-order chi connectivity index (χ0) is 18.4. The van der Waals surface area contributed by atoms with E-state index in [9.17, 15) is 0 Å². The number of rotatable bonds is 7. The first kappa shape index (κ1) is 19.3. The van der Waals surface area contributed by atoms with E-state index in [4.69, 9.17) is 4.74 Å². The van der Waals surface area contributed by atoms with Crippen molar-refractivity contribution >= 4 is 31.7 Å². The third-order valence-electron chi connectivity index (χ3n) is 3.91. The smallest absolute Gasteiger partial charge is 0.142 e. The van der Waals surface area contributed by atoms with Gasteiger partial charge in [0.25, 0.3) is 0 Å². The van der Waals surface area contributed by atoms with E-state index in [1.54, 1.807) is 0 Å². The molecule has 0 atom stereocenters. The first-order valence-corrected chi connectivity index (χ1v) is 9.94. The second-order valence-electron chi connectivity index (χ2n) is 7.00. The molecule has 2 radical (unpaired) electrons. The van der Waals surface area contributed by atoms with Gasteiger partial charge < -0.3 is 9.64 Å². The van der Waals surface area contributed by atoms with Crippen molar-refractivity contribution in [2.45, 2.75) is 40.2 Å². The van der Waals surface area contributed by atoms with Crippen molar-refractivity contribution in [2.24, 2.45) is 0 Å². The molecule has 0 saturated heterocycles. The summed E-state index contributed by atoms with van der Waals surface area (Å²) in [6.45, 7) is 16.5. The van der Waals surface area contributed by atoms with Gasteiger partial charge >= 0.3 is 0 Å². The number of para-hydroxylation sites is 1. The van der Waals surface area contributed by atoms with Crippen LogP contribution in [0.2, 0.25) is 0 Å². The summed E-state index contributed by atoms with van der Waals surface area (Å²) in [7, 11) is 0.553. The topological polar surface area (TPSA) is 12.5 Å². The molecular weight excluding hydrogens is 322 g/mol. The summed E-state index contributed by atoms with van der Waals surface area (Å²) >= 11 is 0. The van der Waals surface area contributed by atoms with Crippen LogP contribution in [-0.4, -0.2) is 28.2 Å². The van der Waals surface area contributed by atoms with Gasteiger partial charge in [0, 0.05) is 13.1 Å². The molecule has 0 aliphatic heterocycles. The van der Waals surface area contributed by atoms with Gasteiger partial charge in [-0.2, -0.15) is 0 Å². The second kappa shape index (κ2) is 8.39. The Balaban J connectivity index is 2.48. The Bertz CT molecular complexity index is 714. The van der Waals surface area contributed by atoms with Gasteiger partial charge in [-0.3, -0.25) is 0 Å². The average Bonchev–Trinajstić information content (AvgIpc) is 2.57. The maximum absolute atomic E-state index is 6.42. The molecule has 0 aliphatic rings. The normalized spacial score (nSPS) is 11.2. The van der Waals surface area contributed by atoms with E-state index in [-0.39, 0.29) is 5.60 Å². The molecule has 0 aromatic heterocycles. The standard InChI is InChI=1S/C22H29NOSi/c1-7-17-12-10-13-18(16-17)25-20-15-11-14-19(23(8-2)9-3)21(20)24-22(4,5)6/h7,10-16H,1,8-9H2,2-6H3. The minimum absolute atomic E-state index is 0.231. The highest BCUT2D eigenvalue weighted by molar-refractivity contribution is 6.68. The Hall–Kier alpha value is -2.00. The molecule has 0 unspecified atom stereocenters. The zero-order valence-corrected chi connectivity index (χ0v) is 17.1. The van der Waals surface area contributed by atoms with E-state index in [2.05, 4.69) is 88.6 Å². The maximum atomic E-state index is 6.42. The van der Waals surface area contributed by atoms with Gasteiger partial charge in [-0.15, -0.1) is 0 Å². The molecule has 3 heteroatoms. The first-order chi connectivity index (χ1) is 11.9. The number of benzene rings is 2. The molecule has 0 spiro atoms. The quantitative estimate of drug-likeness (QED) is 0.699. The van der Waals surface area contributed by atoms with Crippen LogP contribution in [0.1, 0.15) is 40.2 Å². The van der Waals surface area contributed by atoms with Crippen LogP contribution >= 0.6 is 0 Å². The fourth-order valence-corrected chi connectivity index (χ4v) is 3.95. The third-order valence-corrected chi connectivity index (χ3v) is 5.17. The lowest BCUT2D eigenvalue weighted by molar-refractivity contribution is 0.133. The predicted octanol–water partition coefficient (Wildman–Crippen LogP) is 4.01. The summed E-state index contributed by atoms with van der Waals surface area (Å²) < 4.78 is 6.42. The highest BCUT2D eigenvalue weighted by Gasteiger charge is 2.20. The fraction of sp³-hybridized carbons (Fsp3) is 0.364. The SMILES string of the molecule is C=Cc1cccc([Si]c2cccc(N(CC)CC)c2OC(C)(C)C)c1. The van der Waals surface area contributed by atoms with Gasteiger partial charge in [0.1, 0.15) is 20.9 Å². The largest absolute Gasteiger partial charge is 0.486 e. The molecule has 0 heterocycles. The Morgan fingerprint density at radius 2 is 1.76 bits per heavy atom. The summed E-state index contributed by atoms with van der Waals surface area (Å²) in [4.78, 5) is 2.36. The van der Waals surface area contributed by atoms with Gasteiger partial charge in [0.05, 0.1) is 5.69 Å². The first-order valence-electron chi connectivity index (χ1n) is 8.94. The predicted molar refractivity (Wildman–Crippen MR) is 112 cm³/mol. The number of anilines is 1. The summed E-state index contributed by atoms with van der Waals surface area (Å²) in [5.74, 6) is 1.01. The van der Waals surface area contributed by atoms with Gasteiger partial charge in [-0.25, -0.2) is 0 Å². The monoisotopic (exact) mass is 351 g/mol. The summed E-state index contributed by atoms with van der Waals surface area (Å²) in [6.07, 6.45) is 1.90. The summed E-state index contributed by atoms with van der Waals surface area (Å²) in [5, 5.41) is 2.55. The fourth-order valence-electron chi connectivity index (χ4n) is 2.75. The van der Waals surface area contributed by atoms with Crippen LogP contribution in [0.4, 0.5) is 5.69 Å². The van der Waals surface area contributed by atoms with Crippen molar-refractivity contribution in [3.05, 3.63) is 54.6 Å². The van der Waals surface area contributed by atoms with Crippen LogP contribution < -0.4 is 20.0 Å². The lowest BCUT2D eigenvalue weighted by atomic mass is 10.2. The van der Waals surface area contributed by atoms with Gasteiger partial charge in [0.2, 0.25) is 0 Å². The molecule has 0 amide bonds. The van der Waals surface area contributed by atoms with E-state index < -0.39 is 0 Å². The number of hydrogen-bond donors (Lipinski definition) is 0. The van der Waals surface area contributed by atoms with Gasteiger partial charge in [-0.05, 0) is 51.4 Å². The van der Waals surface area contributed by atoms with Gasteiger partial charge in [-0.1, -0.05) is 54.2 Å².